The van der Waals surface area contributed by atoms with Crippen molar-refractivity contribution in [3.63, 3.8) is 0 Å². The summed E-state index contributed by atoms with van der Waals surface area (Å²) in [4.78, 5) is 13.8. The number of hydrogen-bond acceptors (Lipinski definition) is 3. The Balaban J connectivity index is 2.75. The first-order valence-corrected chi connectivity index (χ1v) is 6.31. The summed E-state index contributed by atoms with van der Waals surface area (Å²) in [5.41, 5.74) is 7.31. The fourth-order valence-electron chi connectivity index (χ4n) is 1.84. The predicted molar refractivity (Wildman–Crippen MR) is 73.6 cm³/mol. The monoisotopic (exact) mass is 250 g/mol. The molecule has 1 unspecified atom stereocenters. The summed E-state index contributed by atoms with van der Waals surface area (Å²) < 4.78 is 5.70. The first-order valence-electron chi connectivity index (χ1n) is 6.31. The third kappa shape index (κ3) is 3.39. The van der Waals surface area contributed by atoms with Crippen LogP contribution in [-0.2, 0) is 4.79 Å². The standard InChI is InChI=1S/C14H22N2O2/c1-5-16(6-2)14(17)11(4)18-13-8-7-12(15)9-10(13)3/h7-9,11H,5-6,15H2,1-4H3. The average Bonchev–Trinajstić information content (AvgIpc) is 2.34. The minimum atomic E-state index is -0.479. The fourth-order valence-corrected chi connectivity index (χ4v) is 1.84. The van der Waals surface area contributed by atoms with Gasteiger partial charge in [0.1, 0.15) is 5.75 Å². The molecule has 4 nitrogen and oxygen atoms in total. The second kappa shape index (κ2) is 6.28. The summed E-state index contributed by atoms with van der Waals surface area (Å²) in [6.07, 6.45) is -0.479. The summed E-state index contributed by atoms with van der Waals surface area (Å²) in [7, 11) is 0. The molecule has 0 fully saturated rings. The van der Waals surface area contributed by atoms with Crippen molar-refractivity contribution in [2.24, 2.45) is 0 Å². The third-order valence-corrected chi connectivity index (χ3v) is 2.93. The molecule has 18 heavy (non-hydrogen) atoms. The van der Waals surface area contributed by atoms with E-state index in [4.69, 9.17) is 10.5 Å². The highest BCUT2D eigenvalue weighted by molar-refractivity contribution is 5.80. The summed E-state index contributed by atoms with van der Waals surface area (Å²) in [5, 5.41) is 0. The number of aryl methyl sites for hydroxylation is 1. The molecule has 0 saturated carbocycles. The van der Waals surface area contributed by atoms with Crippen LogP contribution < -0.4 is 10.5 Å². The van der Waals surface area contributed by atoms with E-state index in [0.29, 0.717) is 24.5 Å². The molecule has 0 aliphatic carbocycles. The minimum absolute atomic E-state index is 0.0104. The Labute approximate surface area is 109 Å². The maximum Gasteiger partial charge on any atom is 0.263 e. The minimum Gasteiger partial charge on any atom is -0.481 e. The summed E-state index contributed by atoms with van der Waals surface area (Å²) in [6, 6.07) is 5.41. The SMILES string of the molecule is CCN(CC)C(=O)C(C)Oc1ccc(N)cc1C. The number of likely N-dealkylation sites (N-methyl/N-ethyl adjacent to an activating group) is 1. The number of nitrogens with two attached hydrogens (primary N) is 1. The van der Waals surface area contributed by atoms with Crippen molar-refractivity contribution in [1.82, 2.24) is 4.90 Å². The molecule has 0 bridgehead atoms. The van der Waals surface area contributed by atoms with Crippen LogP contribution in [0.4, 0.5) is 5.69 Å². The molecule has 0 spiro atoms. The zero-order valence-electron chi connectivity index (χ0n) is 11.6. The third-order valence-electron chi connectivity index (χ3n) is 2.93. The van der Waals surface area contributed by atoms with Crippen LogP contribution in [0.5, 0.6) is 5.75 Å². The van der Waals surface area contributed by atoms with Crippen molar-refractivity contribution in [2.45, 2.75) is 33.8 Å². The molecule has 1 amide bonds. The Morgan fingerprint density at radius 2 is 2.00 bits per heavy atom. The smallest absolute Gasteiger partial charge is 0.263 e. The van der Waals surface area contributed by atoms with Crippen LogP contribution in [0.3, 0.4) is 0 Å². The molecule has 1 aromatic rings. The van der Waals surface area contributed by atoms with E-state index >= 15 is 0 Å². The highest BCUT2D eigenvalue weighted by atomic mass is 16.5. The Morgan fingerprint density at radius 1 is 1.39 bits per heavy atom. The van der Waals surface area contributed by atoms with Crippen LogP contribution in [-0.4, -0.2) is 30.0 Å². The van der Waals surface area contributed by atoms with Crippen LogP contribution in [0.15, 0.2) is 18.2 Å². The van der Waals surface area contributed by atoms with Crippen molar-refractivity contribution in [3.05, 3.63) is 23.8 Å². The number of carbonyl (C=O) groups excluding carboxylic acids is 1. The van der Waals surface area contributed by atoms with E-state index in [2.05, 4.69) is 0 Å². The van der Waals surface area contributed by atoms with Gasteiger partial charge in [0.05, 0.1) is 0 Å². The normalized spacial score (nSPS) is 12.0. The quantitative estimate of drug-likeness (QED) is 0.815. The van der Waals surface area contributed by atoms with E-state index in [9.17, 15) is 4.79 Å². The highest BCUT2D eigenvalue weighted by Crippen LogP contribution is 2.21. The lowest BCUT2D eigenvalue weighted by Gasteiger charge is -2.24. The van der Waals surface area contributed by atoms with Gasteiger partial charge in [0.2, 0.25) is 0 Å². The molecule has 0 aliphatic rings. The first kappa shape index (κ1) is 14.4. The molecule has 100 valence electrons. The van der Waals surface area contributed by atoms with Crippen molar-refractivity contribution in [2.75, 3.05) is 18.8 Å². The first-order chi connectivity index (χ1) is 8.49. The lowest BCUT2D eigenvalue weighted by atomic mass is 10.2. The van der Waals surface area contributed by atoms with Gasteiger partial charge in [-0.1, -0.05) is 0 Å². The largest absolute Gasteiger partial charge is 0.481 e. The molecule has 0 aromatic heterocycles. The van der Waals surface area contributed by atoms with Crippen LogP contribution in [0, 0.1) is 6.92 Å². The molecule has 1 atom stereocenters. The van der Waals surface area contributed by atoms with Crippen molar-refractivity contribution in [3.8, 4) is 5.75 Å². The van der Waals surface area contributed by atoms with Gasteiger partial charge in [0.15, 0.2) is 6.10 Å². The van der Waals surface area contributed by atoms with Crippen molar-refractivity contribution >= 4 is 11.6 Å². The van der Waals surface area contributed by atoms with Crippen molar-refractivity contribution in [1.29, 1.82) is 0 Å². The Bertz CT molecular complexity index is 414. The highest BCUT2D eigenvalue weighted by Gasteiger charge is 2.20. The van der Waals surface area contributed by atoms with Crippen LogP contribution in [0.2, 0.25) is 0 Å². The number of amides is 1. The van der Waals surface area contributed by atoms with E-state index in [0.717, 1.165) is 5.56 Å². The van der Waals surface area contributed by atoms with Crippen molar-refractivity contribution < 1.29 is 9.53 Å². The van der Waals surface area contributed by atoms with E-state index in [1.54, 1.807) is 24.0 Å². The Kier molecular flexibility index (Phi) is 5.01. The van der Waals surface area contributed by atoms with Gasteiger partial charge >= 0.3 is 0 Å². The van der Waals surface area contributed by atoms with Gasteiger partial charge in [-0.15, -0.1) is 0 Å². The average molecular weight is 250 g/mol. The molecule has 1 rings (SSSR count). The number of benzene rings is 1. The van der Waals surface area contributed by atoms with Gasteiger partial charge in [0.25, 0.3) is 5.91 Å². The van der Waals surface area contributed by atoms with Crippen LogP contribution >= 0.6 is 0 Å². The molecule has 0 saturated heterocycles. The molecule has 0 radical (unpaired) electrons. The fraction of sp³-hybridized carbons (Fsp3) is 0.500. The summed E-state index contributed by atoms with van der Waals surface area (Å²) >= 11 is 0. The number of nitrogens with zero attached hydrogens (tertiary/aromatic N) is 1. The molecular weight excluding hydrogens is 228 g/mol. The van der Waals surface area contributed by atoms with E-state index in [1.165, 1.54) is 0 Å². The van der Waals surface area contributed by atoms with Gasteiger partial charge in [-0.2, -0.15) is 0 Å². The van der Waals surface area contributed by atoms with Crippen LogP contribution in [0.25, 0.3) is 0 Å². The number of rotatable bonds is 5. The predicted octanol–water partition coefficient (Wildman–Crippen LogP) is 2.21. The lowest BCUT2D eigenvalue weighted by Crippen LogP contribution is -2.40. The van der Waals surface area contributed by atoms with Gasteiger partial charge < -0.3 is 15.4 Å². The summed E-state index contributed by atoms with van der Waals surface area (Å²) in [5.74, 6) is 0.716. The Morgan fingerprint density at radius 3 is 2.50 bits per heavy atom. The molecule has 0 aliphatic heterocycles. The molecular formula is C14H22N2O2. The number of carbonyl (C=O) groups is 1. The number of nitrogen functional groups attached to an aromatic ring is 1. The van der Waals surface area contributed by atoms with E-state index < -0.39 is 6.10 Å². The van der Waals surface area contributed by atoms with Gasteiger partial charge in [0, 0.05) is 18.8 Å². The molecule has 2 N–H and O–H groups in total. The van der Waals surface area contributed by atoms with Gasteiger partial charge in [-0.05, 0) is 51.5 Å². The topological polar surface area (TPSA) is 55.6 Å². The summed E-state index contributed by atoms with van der Waals surface area (Å²) in [6.45, 7) is 9.01. The number of hydrogen-bond donors (Lipinski definition) is 1. The lowest BCUT2D eigenvalue weighted by molar-refractivity contribution is -0.137. The van der Waals surface area contributed by atoms with Gasteiger partial charge in [-0.3, -0.25) is 4.79 Å². The van der Waals surface area contributed by atoms with E-state index in [-0.39, 0.29) is 5.91 Å². The zero-order chi connectivity index (χ0) is 13.7. The molecule has 1 aromatic carbocycles. The van der Waals surface area contributed by atoms with Gasteiger partial charge in [-0.25, -0.2) is 0 Å². The zero-order valence-corrected chi connectivity index (χ0v) is 11.6. The number of anilines is 1. The second-order valence-corrected chi connectivity index (χ2v) is 4.30. The molecule has 0 heterocycles. The second-order valence-electron chi connectivity index (χ2n) is 4.30. The Hall–Kier alpha value is -1.71. The van der Waals surface area contributed by atoms with E-state index in [1.807, 2.05) is 26.8 Å². The maximum absolute atomic E-state index is 12.1. The van der Waals surface area contributed by atoms with Crippen LogP contribution in [0.1, 0.15) is 26.3 Å². The number of ether oxygens (including phenoxy) is 1. The maximum atomic E-state index is 12.1. The molecule has 4 heteroatoms.